The van der Waals surface area contributed by atoms with Crippen LogP contribution in [-0.4, -0.2) is 43.8 Å². The van der Waals surface area contributed by atoms with Gasteiger partial charge in [0.05, 0.1) is 10.6 Å². The molecule has 3 rings (SSSR count). The van der Waals surface area contributed by atoms with Crippen LogP contribution in [0, 0.1) is 20.8 Å². The molecule has 3 aromatic rings. The number of anilines is 1. The smallest absolute Gasteiger partial charge is 0.264 e. The minimum absolute atomic E-state index is 0.0538. The van der Waals surface area contributed by atoms with Crippen LogP contribution in [0.3, 0.4) is 0 Å². The Morgan fingerprint density at radius 1 is 0.925 bits per heavy atom. The molecule has 0 aliphatic carbocycles. The highest BCUT2D eigenvalue weighted by atomic mass is 35.5. The molecule has 2 amide bonds. The number of nitrogens with zero attached hydrogens (tertiary/aromatic N) is 2. The second-order valence-corrected chi connectivity index (χ2v) is 12.6. The predicted molar refractivity (Wildman–Crippen MR) is 161 cm³/mol. The highest BCUT2D eigenvalue weighted by Crippen LogP contribution is 2.30. The van der Waals surface area contributed by atoms with E-state index in [2.05, 4.69) is 5.32 Å². The van der Waals surface area contributed by atoms with Crippen LogP contribution in [0.4, 0.5) is 5.69 Å². The van der Waals surface area contributed by atoms with E-state index in [9.17, 15) is 18.0 Å². The number of hydrogen-bond acceptors (Lipinski definition) is 4. The molecule has 214 valence electrons. The van der Waals surface area contributed by atoms with E-state index < -0.39 is 28.5 Å². The number of carbonyl (C=O) groups is 2. The third-order valence-electron chi connectivity index (χ3n) is 6.93. The molecule has 0 heterocycles. The summed E-state index contributed by atoms with van der Waals surface area (Å²) in [5, 5.41) is 3.29. The van der Waals surface area contributed by atoms with Gasteiger partial charge >= 0.3 is 0 Å². The largest absolute Gasteiger partial charge is 0.352 e. The van der Waals surface area contributed by atoms with Crippen LogP contribution in [0.15, 0.2) is 71.6 Å². The zero-order valence-electron chi connectivity index (χ0n) is 23.9. The van der Waals surface area contributed by atoms with Crippen LogP contribution in [0.2, 0.25) is 5.02 Å². The van der Waals surface area contributed by atoms with Gasteiger partial charge in [-0.3, -0.25) is 13.9 Å². The van der Waals surface area contributed by atoms with E-state index in [0.717, 1.165) is 27.4 Å². The van der Waals surface area contributed by atoms with Gasteiger partial charge in [0.15, 0.2) is 0 Å². The van der Waals surface area contributed by atoms with Crippen LogP contribution in [0.5, 0.6) is 0 Å². The van der Waals surface area contributed by atoms with Crippen molar-refractivity contribution < 1.29 is 18.0 Å². The molecule has 0 unspecified atom stereocenters. The van der Waals surface area contributed by atoms with Crippen molar-refractivity contribution in [3.63, 3.8) is 0 Å². The van der Waals surface area contributed by atoms with Gasteiger partial charge in [-0.25, -0.2) is 8.42 Å². The number of halogens is 1. The second kappa shape index (κ2) is 13.3. The van der Waals surface area contributed by atoms with Crippen molar-refractivity contribution >= 4 is 39.1 Å². The zero-order chi connectivity index (χ0) is 29.6. The summed E-state index contributed by atoms with van der Waals surface area (Å²) in [4.78, 5) is 28.7. The molecule has 3 aromatic carbocycles. The van der Waals surface area contributed by atoms with E-state index in [1.807, 2.05) is 52.0 Å². The molecule has 0 spiro atoms. The number of nitrogens with one attached hydrogen (secondary N) is 1. The Bertz CT molecular complexity index is 1460. The van der Waals surface area contributed by atoms with Crippen LogP contribution >= 0.6 is 11.6 Å². The third-order valence-corrected chi connectivity index (χ3v) is 8.94. The molecule has 0 fully saturated rings. The van der Waals surface area contributed by atoms with Crippen LogP contribution in [-0.2, 0) is 26.2 Å². The molecule has 0 aliphatic heterocycles. The van der Waals surface area contributed by atoms with E-state index >= 15 is 0 Å². The maximum atomic E-state index is 14.1. The van der Waals surface area contributed by atoms with Crippen LogP contribution in [0.1, 0.15) is 49.4 Å². The van der Waals surface area contributed by atoms with Gasteiger partial charge in [-0.1, -0.05) is 72.1 Å². The monoisotopic (exact) mass is 583 g/mol. The van der Waals surface area contributed by atoms with Crippen LogP contribution < -0.4 is 9.62 Å². The molecule has 0 aliphatic rings. The Hall–Kier alpha value is -3.36. The van der Waals surface area contributed by atoms with Gasteiger partial charge in [0.2, 0.25) is 11.8 Å². The van der Waals surface area contributed by atoms with Crippen molar-refractivity contribution in [1.82, 2.24) is 10.2 Å². The van der Waals surface area contributed by atoms with Crippen molar-refractivity contribution in [2.75, 3.05) is 10.8 Å². The fourth-order valence-corrected chi connectivity index (χ4v) is 5.89. The minimum atomic E-state index is -4.16. The van der Waals surface area contributed by atoms with E-state index in [0.29, 0.717) is 16.3 Å². The summed E-state index contributed by atoms with van der Waals surface area (Å²) in [7, 11) is -4.16. The fourth-order valence-electron chi connectivity index (χ4n) is 4.26. The molecule has 7 nitrogen and oxygen atoms in total. The van der Waals surface area contributed by atoms with Gasteiger partial charge in [0, 0.05) is 17.6 Å². The number of carbonyl (C=O) groups excluding carboxylic acids is 2. The summed E-state index contributed by atoms with van der Waals surface area (Å²) >= 11 is 6.28. The molecule has 0 radical (unpaired) electrons. The van der Waals surface area contributed by atoms with Crippen molar-refractivity contribution in [2.45, 2.75) is 71.5 Å². The first-order chi connectivity index (χ1) is 18.8. The summed E-state index contributed by atoms with van der Waals surface area (Å²) in [5.74, 6) is -0.814. The van der Waals surface area contributed by atoms with Crippen molar-refractivity contribution in [1.29, 1.82) is 0 Å². The molecular formula is C31H38ClN3O4S. The summed E-state index contributed by atoms with van der Waals surface area (Å²) in [6.07, 6.45) is 0.737. The Morgan fingerprint density at radius 2 is 1.60 bits per heavy atom. The SMILES string of the molecule is CC[C@H](C)NC(=O)[C@@H](C)N(Cc1cccc(C)c1)C(=O)CN(c1cc(Cl)ccc1C)S(=O)(=O)c1ccc(C)cc1. The Morgan fingerprint density at radius 3 is 2.23 bits per heavy atom. The molecule has 0 saturated carbocycles. The Balaban J connectivity index is 2.07. The quantitative estimate of drug-likeness (QED) is 0.309. The minimum Gasteiger partial charge on any atom is -0.352 e. The van der Waals surface area contributed by atoms with E-state index in [4.69, 9.17) is 11.6 Å². The Kier molecular flexibility index (Phi) is 10.4. The van der Waals surface area contributed by atoms with Gasteiger partial charge in [-0.2, -0.15) is 0 Å². The van der Waals surface area contributed by atoms with Gasteiger partial charge < -0.3 is 10.2 Å². The first kappa shape index (κ1) is 31.2. The summed E-state index contributed by atoms with van der Waals surface area (Å²) < 4.78 is 29.1. The normalized spacial score (nSPS) is 12.9. The molecule has 0 bridgehead atoms. The average Bonchev–Trinajstić information content (AvgIpc) is 2.91. The standard InChI is InChI=1S/C31H38ClN3O4S/c1-7-24(5)33-31(37)25(6)34(19-26-10-8-9-22(3)17-26)30(36)20-35(29-18-27(32)14-13-23(29)4)40(38,39)28-15-11-21(2)12-16-28/h8-18,24-25H,7,19-20H2,1-6H3,(H,33,37)/t24-,25+/m0/s1. The molecule has 0 saturated heterocycles. The molecule has 40 heavy (non-hydrogen) atoms. The highest BCUT2D eigenvalue weighted by Gasteiger charge is 2.33. The summed E-state index contributed by atoms with van der Waals surface area (Å²) in [6, 6.07) is 18.2. The number of benzene rings is 3. The second-order valence-electron chi connectivity index (χ2n) is 10.3. The van der Waals surface area contributed by atoms with E-state index in [1.165, 1.54) is 17.0 Å². The highest BCUT2D eigenvalue weighted by molar-refractivity contribution is 7.92. The molecule has 2 atom stereocenters. The lowest BCUT2D eigenvalue weighted by molar-refractivity contribution is -0.139. The fraction of sp³-hybridized carbons (Fsp3) is 0.355. The van der Waals surface area contributed by atoms with Gasteiger partial charge in [-0.15, -0.1) is 0 Å². The first-order valence-corrected chi connectivity index (χ1v) is 15.2. The number of sulfonamides is 1. The maximum absolute atomic E-state index is 14.1. The van der Waals surface area contributed by atoms with Gasteiger partial charge in [-0.05, 0) is 76.4 Å². The van der Waals surface area contributed by atoms with E-state index in [-0.39, 0.29) is 23.4 Å². The van der Waals surface area contributed by atoms with Crippen molar-refractivity contribution in [2.24, 2.45) is 0 Å². The number of rotatable bonds is 11. The Labute approximate surface area is 243 Å². The predicted octanol–water partition coefficient (Wildman–Crippen LogP) is 5.79. The summed E-state index contributed by atoms with van der Waals surface area (Å²) in [5.41, 5.74) is 3.70. The topological polar surface area (TPSA) is 86.8 Å². The number of hydrogen-bond donors (Lipinski definition) is 1. The molecule has 9 heteroatoms. The number of amides is 2. The average molecular weight is 584 g/mol. The first-order valence-electron chi connectivity index (χ1n) is 13.3. The lowest BCUT2D eigenvalue weighted by Gasteiger charge is -2.33. The molecular weight excluding hydrogens is 546 g/mol. The summed E-state index contributed by atoms with van der Waals surface area (Å²) in [6.45, 7) is 10.7. The zero-order valence-corrected chi connectivity index (χ0v) is 25.5. The van der Waals surface area contributed by atoms with Crippen molar-refractivity contribution in [3.05, 3.63) is 94.0 Å². The molecule has 1 N–H and O–H groups in total. The van der Waals surface area contributed by atoms with Gasteiger partial charge in [0.25, 0.3) is 10.0 Å². The number of aryl methyl sites for hydroxylation is 3. The third kappa shape index (κ3) is 7.64. The van der Waals surface area contributed by atoms with E-state index in [1.54, 1.807) is 44.2 Å². The molecule has 0 aromatic heterocycles. The van der Waals surface area contributed by atoms with Gasteiger partial charge in [0.1, 0.15) is 12.6 Å². The van der Waals surface area contributed by atoms with Crippen molar-refractivity contribution in [3.8, 4) is 0 Å². The maximum Gasteiger partial charge on any atom is 0.264 e. The lowest BCUT2D eigenvalue weighted by Crippen LogP contribution is -2.52. The lowest BCUT2D eigenvalue weighted by atomic mass is 10.1. The van der Waals surface area contributed by atoms with Crippen LogP contribution in [0.25, 0.3) is 0 Å².